The number of hydrogen-bond donors (Lipinski definition) is 1. The SMILES string of the molecule is CCCN(Cc1ccccc1)C(=O)Nc1ccc(Cl)c(S(=O)(=O)N(C)C)c1. The first-order chi connectivity index (χ1) is 12.8. The molecule has 0 saturated carbocycles. The van der Waals surface area contributed by atoms with E-state index in [2.05, 4.69) is 5.32 Å². The monoisotopic (exact) mass is 409 g/mol. The van der Waals surface area contributed by atoms with Crippen molar-refractivity contribution in [3.63, 3.8) is 0 Å². The molecule has 0 radical (unpaired) electrons. The fraction of sp³-hybridized carbons (Fsp3) is 0.316. The normalized spacial score (nSPS) is 11.4. The molecular weight excluding hydrogens is 386 g/mol. The quantitative estimate of drug-likeness (QED) is 0.750. The van der Waals surface area contributed by atoms with Gasteiger partial charge in [-0.1, -0.05) is 48.9 Å². The molecule has 2 amide bonds. The zero-order valence-electron chi connectivity index (χ0n) is 15.6. The average molecular weight is 410 g/mol. The fourth-order valence-electron chi connectivity index (χ4n) is 2.50. The lowest BCUT2D eigenvalue weighted by Gasteiger charge is -2.23. The predicted molar refractivity (Wildman–Crippen MR) is 108 cm³/mol. The van der Waals surface area contributed by atoms with Gasteiger partial charge in [-0.05, 0) is 30.2 Å². The summed E-state index contributed by atoms with van der Waals surface area (Å²) >= 11 is 6.05. The Hall–Kier alpha value is -2.09. The van der Waals surface area contributed by atoms with Crippen LogP contribution >= 0.6 is 11.6 Å². The lowest BCUT2D eigenvalue weighted by atomic mass is 10.2. The summed E-state index contributed by atoms with van der Waals surface area (Å²) in [5.74, 6) is 0. The van der Waals surface area contributed by atoms with E-state index >= 15 is 0 Å². The number of carbonyl (C=O) groups is 1. The highest BCUT2D eigenvalue weighted by Crippen LogP contribution is 2.27. The van der Waals surface area contributed by atoms with E-state index in [1.807, 2.05) is 37.3 Å². The number of carbonyl (C=O) groups excluding carboxylic acids is 1. The van der Waals surface area contributed by atoms with Crippen LogP contribution in [0, 0.1) is 0 Å². The van der Waals surface area contributed by atoms with Crippen molar-refractivity contribution in [2.75, 3.05) is 26.0 Å². The third-order valence-corrected chi connectivity index (χ3v) is 6.23. The summed E-state index contributed by atoms with van der Waals surface area (Å²) < 4.78 is 25.9. The predicted octanol–water partition coefficient (Wildman–Crippen LogP) is 4.03. The Labute approximate surface area is 165 Å². The van der Waals surface area contributed by atoms with E-state index in [1.54, 1.807) is 11.0 Å². The molecule has 2 rings (SSSR count). The standard InChI is InChI=1S/C19H24ClN3O3S/c1-4-12-23(14-15-8-6-5-7-9-15)19(24)21-16-10-11-17(20)18(13-16)27(25,26)22(2)3/h5-11,13H,4,12,14H2,1-3H3,(H,21,24). The van der Waals surface area contributed by atoms with Gasteiger partial charge in [-0.2, -0.15) is 0 Å². The van der Waals surface area contributed by atoms with Crippen molar-refractivity contribution < 1.29 is 13.2 Å². The van der Waals surface area contributed by atoms with E-state index in [1.165, 1.54) is 26.2 Å². The Balaban J connectivity index is 2.22. The second-order valence-corrected chi connectivity index (χ2v) is 8.80. The fourth-order valence-corrected chi connectivity index (χ4v) is 3.90. The molecule has 0 fully saturated rings. The Kier molecular flexibility index (Phi) is 7.24. The maximum atomic E-state index is 12.7. The first kappa shape index (κ1) is 21.2. The highest BCUT2D eigenvalue weighted by Gasteiger charge is 2.22. The summed E-state index contributed by atoms with van der Waals surface area (Å²) in [6.45, 7) is 3.05. The molecule has 8 heteroatoms. The van der Waals surface area contributed by atoms with Crippen LogP contribution in [-0.4, -0.2) is 44.3 Å². The summed E-state index contributed by atoms with van der Waals surface area (Å²) in [7, 11) is -0.848. The minimum Gasteiger partial charge on any atom is -0.320 e. The van der Waals surface area contributed by atoms with Crippen LogP contribution in [0.25, 0.3) is 0 Å². The van der Waals surface area contributed by atoms with Gasteiger partial charge in [0.15, 0.2) is 0 Å². The molecule has 0 bridgehead atoms. The third-order valence-electron chi connectivity index (χ3n) is 3.94. The second kappa shape index (κ2) is 9.21. The van der Waals surface area contributed by atoms with E-state index in [9.17, 15) is 13.2 Å². The minimum absolute atomic E-state index is 0.0444. The van der Waals surface area contributed by atoms with E-state index in [0.29, 0.717) is 18.8 Å². The van der Waals surface area contributed by atoms with Gasteiger partial charge >= 0.3 is 6.03 Å². The van der Waals surface area contributed by atoms with Crippen molar-refractivity contribution in [3.05, 3.63) is 59.1 Å². The Bertz CT molecular complexity index is 886. The number of rotatable bonds is 7. The number of nitrogens with zero attached hydrogens (tertiary/aromatic N) is 2. The molecule has 0 aliphatic rings. The Morgan fingerprint density at radius 3 is 2.37 bits per heavy atom. The van der Waals surface area contributed by atoms with E-state index in [-0.39, 0.29) is 15.9 Å². The first-order valence-electron chi connectivity index (χ1n) is 8.57. The highest BCUT2D eigenvalue weighted by molar-refractivity contribution is 7.89. The number of hydrogen-bond acceptors (Lipinski definition) is 3. The number of halogens is 1. The molecule has 0 saturated heterocycles. The summed E-state index contributed by atoms with van der Waals surface area (Å²) in [4.78, 5) is 14.3. The molecule has 1 N–H and O–H groups in total. The van der Waals surface area contributed by atoms with Gasteiger partial charge < -0.3 is 10.2 Å². The maximum absolute atomic E-state index is 12.7. The van der Waals surface area contributed by atoms with Gasteiger partial charge in [0.05, 0.1) is 5.02 Å². The molecule has 0 aliphatic carbocycles. The van der Waals surface area contributed by atoms with Crippen molar-refractivity contribution in [2.45, 2.75) is 24.8 Å². The smallest absolute Gasteiger partial charge is 0.320 e. The molecule has 0 heterocycles. The second-order valence-electron chi connectivity index (χ2n) is 6.27. The van der Waals surface area contributed by atoms with Gasteiger partial charge in [-0.25, -0.2) is 17.5 Å². The number of sulfonamides is 1. The van der Waals surface area contributed by atoms with E-state index in [0.717, 1.165) is 16.3 Å². The molecule has 2 aromatic rings. The van der Waals surface area contributed by atoms with Crippen LogP contribution in [-0.2, 0) is 16.6 Å². The van der Waals surface area contributed by atoms with Gasteiger partial charge in [0.2, 0.25) is 10.0 Å². The zero-order chi connectivity index (χ0) is 20.0. The summed E-state index contributed by atoms with van der Waals surface area (Å²) in [5.41, 5.74) is 1.40. The molecule has 0 atom stereocenters. The molecular formula is C19H24ClN3O3S. The van der Waals surface area contributed by atoms with Gasteiger partial charge in [0.1, 0.15) is 4.90 Å². The highest BCUT2D eigenvalue weighted by atomic mass is 35.5. The van der Waals surface area contributed by atoms with Crippen molar-refractivity contribution >= 4 is 33.3 Å². The molecule has 27 heavy (non-hydrogen) atoms. The molecule has 0 unspecified atom stereocenters. The summed E-state index contributed by atoms with van der Waals surface area (Å²) in [5, 5.41) is 2.88. The Morgan fingerprint density at radius 2 is 1.78 bits per heavy atom. The van der Waals surface area contributed by atoms with Crippen LogP contribution < -0.4 is 5.32 Å². The lowest BCUT2D eigenvalue weighted by molar-refractivity contribution is 0.209. The number of nitrogens with one attached hydrogen (secondary N) is 1. The maximum Gasteiger partial charge on any atom is 0.322 e. The number of amides is 2. The minimum atomic E-state index is -3.71. The summed E-state index contributed by atoms with van der Waals surface area (Å²) in [6.07, 6.45) is 0.807. The molecule has 146 valence electrons. The van der Waals surface area contributed by atoms with Gasteiger partial charge in [-0.15, -0.1) is 0 Å². The van der Waals surface area contributed by atoms with E-state index < -0.39 is 10.0 Å². The molecule has 0 aliphatic heterocycles. The van der Waals surface area contributed by atoms with Gasteiger partial charge in [0.25, 0.3) is 0 Å². The van der Waals surface area contributed by atoms with Crippen LogP contribution in [0.3, 0.4) is 0 Å². The zero-order valence-corrected chi connectivity index (χ0v) is 17.2. The van der Waals surface area contributed by atoms with Crippen LogP contribution in [0.2, 0.25) is 5.02 Å². The van der Waals surface area contributed by atoms with E-state index in [4.69, 9.17) is 11.6 Å². The molecule has 6 nitrogen and oxygen atoms in total. The third kappa shape index (κ3) is 5.45. The van der Waals surface area contributed by atoms with Crippen LogP contribution in [0.5, 0.6) is 0 Å². The van der Waals surface area contributed by atoms with Crippen molar-refractivity contribution in [1.82, 2.24) is 9.21 Å². The lowest BCUT2D eigenvalue weighted by Crippen LogP contribution is -2.35. The summed E-state index contributed by atoms with van der Waals surface area (Å²) in [6, 6.07) is 13.8. The topological polar surface area (TPSA) is 69.7 Å². The first-order valence-corrected chi connectivity index (χ1v) is 10.4. The van der Waals surface area contributed by atoms with Crippen molar-refractivity contribution in [3.8, 4) is 0 Å². The number of urea groups is 1. The number of anilines is 1. The molecule has 0 aromatic heterocycles. The average Bonchev–Trinajstić information content (AvgIpc) is 2.63. The van der Waals surface area contributed by atoms with Crippen LogP contribution in [0.15, 0.2) is 53.4 Å². The van der Waals surface area contributed by atoms with Crippen molar-refractivity contribution in [1.29, 1.82) is 0 Å². The number of benzene rings is 2. The Morgan fingerprint density at radius 1 is 1.11 bits per heavy atom. The van der Waals surface area contributed by atoms with Crippen LogP contribution in [0.1, 0.15) is 18.9 Å². The van der Waals surface area contributed by atoms with Crippen LogP contribution in [0.4, 0.5) is 10.5 Å². The van der Waals surface area contributed by atoms with Crippen molar-refractivity contribution in [2.24, 2.45) is 0 Å². The largest absolute Gasteiger partial charge is 0.322 e. The van der Waals surface area contributed by atoms with Gasteiger partial charge in [-0.3, -0.25) is 0 Å². The van der Waals surface area contributed by atoms with Gasteiger partial charge in [0, 0.05) is 32.9 Å². The molecule has 0 spiro atoms. The molecule has 2 aromatic carbocycles.